The molecule has 0 N–H and O–H groups in total. The van der Waals surface area contributed by atoms with Gasteiger partial charge in [0.15, 0.2) is 5.78 Å². The number of nitriles is 1. The Morgan fingerprint density at radius 3 is 2.60 bits per heavy atom. The third-order valence-corrected chi connectivity index (χ3v) is 3.93. The normalized spacial score (nSPS) is 11.7. The quantitative estimate of drug-likeness (QED) is 0.731. The molecule has 4 heteroatoms. The smallest absolute Gasteiger partial charge is 0.172 e. The molecule has 0 amide bonds. The molecule has 0 bridgehead atoms. The summed E-state index contributed by atoms with van der Waals surface area (Å²) in [6, 6.07) is 16.5. The van der Waals surface area contributed by atoms with Crippen LogP contribution in [0.5, 0.6) is 0 Å². The van der Waals surface area contributed by atoms with Gasteiger partial charge in [0.25, 0.3) is 0 Å². The lowest BCUT2D eigenvalue weighted by Gasteiger charge is -2.14. The van der Waals surface area contributed by atoms with E-state index >= 15 is 0 Å². The number of benzene rings is 2. The van der Waals surface area contributed by atoms with Gasteiger partial charge in [-0.2, -0.15) is 5.26 Å². The molecule has 0 aliphatic rings. The molecule has 0 aliphatic carbocycles. The molecular weight excluding hydrogens is 338 g/mol. The SMILES string of the molecule is N#CCC(C(=O)c1cc(Cl)ccc1Br)c1ccccc1. The third-order valence-electron chi connectivity index (χ3n) is 3.01. The highest BCUT2D eigenvalue weighted by molar-refractivity contribution is 9.10. The Kier molecular flexibility index (Phi) is 4.94. The van der Waals surface area contributed by atoms with Gasteiger partial charge in [0.2, 0.25) is 0 Å². The maximum absolute atomic E-state index is 12.7. The molecule has 0 fully saturated rings. The summed E-state index contributed by atoms with van der Waals surface area (Å²) in [5, 5.41) is 9.48. The van der Waals surface area contributed by atoms with E-state index in [1.165, 1.54) is 0 Å². The molecule has 0 radical (unpaired) electrons. The zero-order chi connectivity index (χ0) is 14.5. The molecule has 0 heterocycles. The Labute approximate surface area is 131 Å². The van der Waals surface area contributed by atoms with Crippen LogP contribution in [0.2, 0.25) is 5.02 Å². The summed E-state index contributed by atoms with van der Waals surface area (Å²) < 4.78 is 0.686. The van der Waals surface area contributed by atoms with Gasteiger partial charge < -0.3 is 0 Å². The fraction of sp³-hybridized carbons (Fsp3) is 0.125. The van der Waals surface area contributed by atoms with Crippen molar-refractivity contribution in [3.05, 3.63) is 69.2 Å². The van der Waals surface area contributed by atoms with Crippen molar-refractivity contribution in [3.8, 4) is 6.07 Å². The van der Waals surface area contributed by atoms with Crippen LogP contribution in [-0.4, -0.2) is 5.78 Å². The summed E-state index contributed by atoms with van der Waals surface area (Å²) in [7, 11) is 0. The van der Waals surface area contributed by atoms with E-state index in [2.05, 4.69) is 22.0 Å². The molecule has 2 rings (SSSR count). The molecule has 0 spiro atoms. The molecular formula is C16H11BrClNO. The van der Waals surface area contributed by atoms with Crippen LogP contribution in [0.4, 0.5) is 0 Å². The predicted octanol–water partition coefficient (Wildman–Crippen LogP) is 4.98. The topological polar surface area (TPSA) is 40.9 Å². The van der Waals surface area contributed by atoms with Gasteiger partial charge in [-0.1, -0.05) is 57.9 Å². The number of Topliss-reactive ketones (excluding diaryl/α,β-unsaturated/α-hetero) is 1. The Morgan fingerprint density at radius 1 is 1.25 bits per heavy atom. The molecule has 2 aromatic rings. The van der Waals surface area contributed by atoms with Gasteiger partial charge in [0.1, 0.15) is 0 Å². The Morgan fingerprint density at radius 2 is 1.95 bits per heavy atom. The molecule has 0 aromatic heterocycles. The molecule has 20 heavy (non-hydrogen) atoms. The van der Waals surface area contributed by atoms with Crippen LogP contribution in [0.15, 0.2) is 53.0 Å². The van der Waals surface area contributed by atoms with Crippen molar-refractivity contribution in [2.75, 3.05) is 0 Å². The average Bonchev–Trinajstić information content (AvgIpc) is 2.47. The maximum atomic E-state index is 12.7. The van der Waals surface area contributed by atoms with Crippen molar-refractivity contribution in [2.24, 2.45) is 0 Å². The van der Waals surface area contributed by atoms with E-state index in [-0.39, 0.29) is 12.2 Å². The number of halogens is 2. The van der Waals surface area contributed by atoms with E-state index in [1.54, 1.807) is 18.2 Å². The second kappa shape index (κ2) is 6.69. The monoisotopic (exact) mass is 347 g/mol. The van der Waals surface area contributed by atoms with Crippen molar-refractivity contribution in [1.29, 1.82) is 5.26 Å². The van der Waals surface area contributed by atoms with E-state index in [0.29, 0.717) is 15.1 Å². The van der Waals surface area contributed by atoms with E-state index < -0.39 is 5.92 Å². The number of rotatable bonds is 4. The summed E-state index contributed by atoms with van der Waals surface area (Å²) in [5.74, 6) is -0.580. The zero-order valence-electron chi connectivity index (χ0n) is 10.5. The standard InChI is InChI=1S/C16H11BrClNO/c17-15-7-6-12(18)10-14(15)16(20)13(8-9-19)11-4-2-1-3-5-11/h1-7,10,13H,8H2. The first-order valence-corrected chi connectivity index (χ1v) is 7.21. The maximum Gasteiger partial charge on any atom is 0.172 e. The lowest BCUT2D eigenvalue weighted by Crippen LogP contribution is -2.13. The first kappa shape index (κ1) is 14.8. The molecule has 2 aromatic carbocycles. The molecule has 1 unspecified atom stereocenters. The highest BCUT2D eigenvalue weighted by Gasteiger charge is 2.23. The van der Waals surface area contributed by atoms with Crippen LogP contribution >= 0.6 is 27.5 Å². The van der Waals surface area contributed by atoms with Crippen molar-refractivity contribution in [3.63, 3.8) is 0 Å². The van der Waals surface area contributed by atoms with Crippen molar-refractivity contribution in [1.82, 2.24) is 0 Å². The van der Waals surface area contributed by atoms with Crippen LogP contribution in [0.1, 0.15) is 28.3 Å². The van der Waals surface area contributed by atoms with Gasteiger partial charge in [0.05, 0.1) is 12.0 Å². The van der Waals surface area contributed by atoms with Crippen LogP contribution in [-0.2, 0) is 0 Å². The predicted molar refractivity (Wildman–Crippen MR) is 82.9 cm³/mol. The third kappa shape index (κ3) is 3.27. The van der Waals surface area contributed by atoms with Crippen LogP contribution < -0.4 is 0 Å². The minimum Gasteiger partial charge on any atom is -0.293 e. The van der Waals surface area contributed by atoms with E-state index in [1.807, 2.05) is 30.3 Å². The molecule has 2 nitrogen and oxygen atoms in total. The lowest BCUT2D eigenvalue weighted by molar-refractivity contribution is 0.0960. The van der Waals surface area contributed by atoms with Gasteiger partial charge in [-0.05, 0) is 23.8 Å². The van der Waals surface area contributed by atoms with Crippen molar-refractivity contribution < 1.29 is 4.79 Å². The molecule has 0 saturated heterocycles. The molecule has 1 atom stereocenters. The zero-order valence-corrected chi connectivity index (χ0v) is 12.9. The molecule has 0 saturated carbocycles. The Hall–Kier alpha value is -1.63. The number of carbonyl (C=O) groups is 1. The van der Waals surface area contributed by atoms with Gasteiger partial charge in [-0.25, -0.2) is 0 Å². The highest BCUT2D eigenvalue weighted by Crippen LogP contribution is 2.29. The number of carbonyl (C=O) groups excluding carboxylic acids is 1. The van der Waals surface area contributed by atoms with Crippen molar-refractivity contribution in [2.45, 2.75) is 12.3 Å². The van der Waals surface area contributed by atoms with Gasteiger partial charge in [-0.3, -0.25) is 4.79 Å². The first-order chi connectivity index (χ1) is 9.63. The minimum atomic E-state index is -0.476. The van der Waals surface area contributed by atoms with E-state index in [4.69, 9.17) is 16.9 Å². The minimum absolute atomic E-state index is 0.105. The largest absolute Gasteiger partial charge is 0.293 e. The van der Waals surface area contributed by atoms with E-state index in [0.717, 1.165) is 5.56 Å². The van der Waals surface area contributed by atoms with Gasteiger partial charge in [0, 0.05) is 21.5 Å². The van der Waals surface area contributed by atoms with Gasteiger partial charge in [-0.15, -0.1) is 0 Å². The fourth-order valence-corrected chi connectivity index (χ4v) is 2.63. The Bertz CT molecular complexity index is 664. The Balaban J connectivity index is 2.42. The van der Waals surface area contributed by atoms with Crippen LogP contribution in [0.3, 0.4) is 0 Å². The molecule has 0 aliphatic heterocycles. The van der Waals surface area contributed by atoms with E-state index in [9.17, 15) is 4.79 Å². The number of hydrogen-bond acceptors (Lipinski definition) is 2. The second-order valence-corrected chi connectivity index (χ2v) is 5.60. The van der Waals surface area contributed by atoms with Gasteiger partial charge >= 0.3 is 0 Å². The van der Waals surface area contributed by atoms with Crippen molar-refractivity contribution >= 4 is 33.3 Å². The summed E-state index contributed by atoms with van der Waals surface area (Å²) >= 11 is 9.31. The summed E-state index contributed by atoms with van der Waals surface area (Å²) in [6.45, 7) is 0. The summed E-state index contributed by atoms with van der Waals surface area (Å²) in [6.07, 6.45) is 0.141. The molecule has 100 valence electrons. The number of hydrogen-bond donors (Lipinski definition) is 0. The van der Waals surface area contributed by atoms with Crippen LogP contribution in [0, 0.1) is 11.3 Å². The number of ketones is 1. The first-order valence-electron chi connectivity index (χ1n) is 6.04. The summed E-state index contributed by atoms with van der Waals surface area (Å²) in [4.78, 5) is 12.7. The summed E-state index contributed by atoms with van der Waals surface area (Å²) in [5.41, 5.74) is 1.34. The fourth-order valence-electron chi connectivity index (χ4n) is 2.01. The number of nitrogens with zero attached hydrogens (tertiary/aromatic N) is 1. The van der Waals surface area contributed by atoms with Crippen LogP contribution in [0.25, 0.3) is 0 Å². The average molecular weight is 349 g/mol. The second-order valence-electron chi connectivity index (χ2n) is 4.31. The highest BCUT2D eigenvalue weighted by atomic mass is 79.9. The lowest BCUT2D eigenvalue weighted by atomic mass is 9.88.